The molecule has 2 rings (SSSR count). The first-order valence-electron chi connectivity index (χ1n) is 6.03. The molecule has 0 spiro atoms. The largest absolute Gasteiger partial charge is 0.478 e. The smallest absolute Gasteiger partial charge is 0.337 e. The quantitative estimate of drug-likeness (QED) is 0.776. The van der Waals surface area contributed by atoms with E-state index in [4.69, 9.17) is 5.11 Å². The fourth-order valence-electron chi connectivity index (χ4n) is 1.81. The predicted octanol–water partition coefficient (Wildman–Crippen LogP) is 3.31. The number of anilines is 1. The van der Waals surface area contributed by atoms with Gasteiger partial charge in [0.2, 0.25) is 5.91 Å². The van der Waals surface area contributed by atoms with Crippen LogP contribution >= 0.6 is 22.6 Å². The Labute approximate surface area is 134 Å². The Kier molecular flexibility index (Phi) is 4.89. The molecule has 2 aromatic rings. The summed E-state index contributed by atoms with van der Waals surface area (Å²) in [6, 6.07) is 10.6. The highest BCUT2D eigenvalue weighted by Crippen LogP contribution is 2.19. The first-order chi connectivity index (χ1) is 9.97. The molecule has 0 aliphatic carbocycles. The minimum Gasteiger partial charge on any atom is -0.478 e. The topological polar surface area (TPSA) is 66.4 Å². The van der Waals surface area contributed by atoms with Gasteiger partial charge in [-0.1, -0.05) is 18.2 Å². The molecular weight excluding hydrogens is 388 g/mol. The third-order valence-corrected chi connectivity index (χ3v) is 3.47. The van der Waals surface area contributed by atoms with Crippen molar-refractivity contribution < 1.29 is 19.1 Å². The summed E-state index contributed by atoms with van der Waals surface area (Å²) in [4.78, 5) is 23.1. The van der Waals surface area contributed by atoms with Gasteiger partial charge in [0.25, 0.3) is 0 Å². The van der Waals surface area contributed by atoms with Crippen molar-refractivity contribution in [3.63, 3.8) is 0 Å². The van der Waals surface area contributed by atoms with Crippen LogP contribution in [0.3, 0.4) is 0 Å². The lowest BCUT2D eigenvalue weighted by molar-refractivity contribution is -0.115. The maximum Gasteiger partial charge on any atom is 0.337 e. The Hall–Kier alpha value is -1.96. The number of carbonyl (C=O) groups is 2. The van der Waals surface area contributed by atoms with Crippen molar-refractivity contribution in [2.24, 2.45) is 0 Å². The molecule has 0 saturated carbocycles. The highest BCUT2D eigenvalue weighted by Gasteiger charge is 2.14. The Morgan fingerprint density at radius 3 is 2.57 bits per heavy atom. The van der Waals surface area contributed by atoms with E-state index in [1.807, 2.05) is 22.6 Å². The molecule has 0 bridgehead atoms. The van der Waals surface area contributed by atoms with Crippen molar-refractivity contribution >= 4 is 40.2 Å². The molecule has 21 heavy (non-hydrogen) atoms. The van der Waals surface area contributed by atoms with Gasteiger partial charge in [-0.2, -0.15) is 0 Å². The van der Waals surface area contributed by atoms with E-state index in [1.54, 1.807) is 18.2 Å². The maximum atomic E-state index is 13.5. The highest BCUT2D eigenvalue weighted by molar-refractivity contribution is 14.1. The van der Waals surface area contributed by atoms with Crippen LogP contribution in [0.4, 0.5) is 10.1 Å². The molecular formula is C15H11FINO3. The molecule has 0 atom stereocenters. The molecule has 0 heterocycles. The molecule has 6 heteroatoms. The number of hydrogen-bond acceptors (Lipinski definition) is 2. The Morgan fingerprint density at radius 2 is 1.90 bits per heavy atom. The normalized spacial score (nSPS) is 10.2. The lowest BCUT2D eigenvalue weighted by atomic mass is 10.1. The molecule has 4 nitrogen and oxygen atoms in total. The van der Waals surface area contributed by atoms with Gasteiger partial charge in [0.05, 0.1) is 17.7 Å². The van der Waals surface area contributed by atoms with E-state index in [0.29, 0.717) is 0 Å². The van der Waals surface area contributed by atoms with Crippen molar-refractivity contribution in [2.75, 3.05) is 5.32 Å². The summed E-state index contributed by atoms with van der Waals surface area (Å²) < 4.78 is 14.2. The number of carboxylic acid groups (broad SMARTS) is 1. The molecule has 0 saturated heterocycles. The average molecular weight is 399 g/mol. The van der Waals surface area contributed by atoms with Crippen LogP contribution < -0.4 is 5.32 Å². The number of aromatic carboxylic acids is 1. The number of carboxylic acids is 1. The molecule has 0 radical (unpaired) electrons. The van der Waals surface area contributed by atoms with Gasteiger partial charge in [0.15, 0.2) is 0 Å². The second-order valence-electron chi connectivity index (χ2n) is 4.31. The zero-order valence-corrected chi connectivity index (χ0v) is 12.9. The fraction of sp³-hybridized carbons (Fsp3) is 0.0667. The Morgan fingerprint density at radius 1 is 1.19 bits per heavy atom. The van der Waals surface area contributed by atoms with Gasteiger partial charge in [0, 0.05) is 3.57 Å². The molecule has 0 aliphatic heterocycles. The monoisotopic (exact) mass is 399 g/mol. The van der Waals surface area contributed by atoms with Crippen LogP contribution in [-0.2, 0) is 11.2 Å². The van der Waals surface area contributed by atoms with E-state index in [0.717, 1.165) is 3.57 Å². The summed E-state index contributed by atoms with van der Waals surface area (Å²) in [5, 5.41) is 11.6. The predicted molar refractivity (Wildman–Crippen MR) is 84.9 cm³/mol. The van der Waals surface area contributed by atoms with Crippen molar-refractivity contribution in [3.05, 3.63) is 63.0 Å². The molecule has 0 unspecified atom stereocenters. The van der Waals surface area contributed by atoms with Crippen molar-refractivity contribution in [3.8, 4) is 0 Å². The summed E-state index contributed by atoms with van der Waals surface area (Å²) in [5.41, 5.74) is 0.463. The van der Waals surface area contributed by atoms with Gasteiger partial charge in [-0.25, -0.2) is 9.18 Å². The number of nitrogens with one attached hydrogen (secondary N) is 1. The zero-order chi connectivity index (χ0) is 15.4. The van der Waals surface area contributed by atoms with E-state index in [2.05, 4.69) is 5.32 Å². The van der Waals surface area contributed by atoms with Gasteiger partial charge in [-0.05, 0) is 52.4 Å². The van der Waals surface area contributed by atoms with Crippen LogP contribution in [0, 0.1) is 9.39 Å². The van der Waals surface area contributed by atoms with Gasteiger partial charge in [-0.15, -0.1) is 0 Å². The fourth-order valence-corrected chi connectivity index (χ4v) is 2.30. The van der Waals surface area contributed by atoms with Crippen molar-refractivity contribution in [1.82, 2.24) is 0 Å². The van der Waals surface area contributed by atoms with Gasteiger partial charge in [-0.3, -0.25) is 4.79 Å². The van der Waals surface area contributed by atoms with E-state index in [1.165, 1.54) is 24.3 Å². The van der Waals surface area contributed by atoms with E-state index in [-0.39, 0.29) is 23.2 Å². The lowest BCUT2D eigenvalue weighted by Gasteiger charge is -2.09. The SMILES string of the molecule is O=C(Cc1ccccc1F)Nc1ccc(I)cc1C(=O)O. The zero-order valence-electron chi connectivity index (χ0n) is 10.8. The molecule has 0 aliphatic rings. The first kappa shape index (κ1) is 15.4. The number of amides is 1. The summed E-state index contributed by atoms with van der Waals surface area (Å²) in [5.74, 6) is -2.06. The molecule has 108 valence electrons. The van der Waals surface area contributed by atoms with Crippen LogP contribution in [0.5, 0.6) is 0 Å². The van der Waals surface area contributed by atoms with Crippen molar-refractivity contribution in [2.45, 2.75) is 6.42 Å². The second kappa shape index (κ2) is 6.66. The summed E-state index contributed by atoms with van der Waals surface area (Å²) in [6.07, 6.45) is -0.155. The van der Waals surface area contributed by atoms with Crippen LogP contribution in [-0.4, -0.2) is 17.0 Å². The van der Waals surface area contributed by atoms with Crippen LogP contribution in [0.25, 0.3) is 0 Å². The average Bonchev–Trinajstić information content (AvgIpc) is 2.43. The Bertz CT molecular complexity index is 703. The number of halogens is 2. The van der Waals surface area contributed by atoms with E-state index in [9.17, 15) is 14.0 Å². The highest BCUT2D eigenvalue weighted by atomic mass is 127. The molecule has 0 fully saturated rings. The first-order valence-corrected chi connectivity index (χ1v) is 7.11. The molecule has 2 aromatic carbocycles. The minimum absolute atomic E-state index is 0.00350. The molecule has 0 aromatic heterocycles. The number of carbonyl (C=O) groups excluding carboxylic acids is 1. The van der Waals surface area contributed by atoms with Crippen LogP contribution in [0.15, 0.2) is 42.5 Å². The Balaban J connectivity index is 2.17. The third kappa shape index (κ3) is 4.01. The van der Waals surface area contributed by atoms with Crippen LogP contribution in [0.1, 0.15) is 15.9 Å². The third-order valence-electron chi connectivity index (χ3n) is 2.79. The maximum absolute atomic E-state index is 13.5. The van der Waals surface area contributed by atoms with E-state index >= 15 is 0 Å². The summed E-state index contributed by atoms with van der Waals surface area (Å²) >= 11 is 1.99. The standard InChI is InChI=1S/C15H11FINO3/c16-12-4-2-1-3-9(12)7-14(19)18-13-6-5-10(17)8-11(13)15(20)21/h1-6,8H,7H2,(H,18,19)(H,20,21). The second-order valence-corrected chi connectivity index (χ2v) is 5.56. The lowest BCUT2D eigenvalue weighted by Crippen LogP contribution is -2.17. The van der Waals surface area contributed by atoms with Gasteiger partial charge in [0.1, 0.15) is 5.82 Å². The number of rotatable bonds is 4. The number of hydrogen-bond donors (Lipinski definition) is 2. The molecule has 2 N–H and O–H groups in total. The summed E-state index contributed by atoms with van der Waals surface area (Å²) in [6.45, 7) is 0. The molecule has 1 amide bonds. The number of benzene rings is 2. The van der Waals surface area contributed by atoms with Gasteiger partial charge >= 0.3 is 5.97 Å². The van der Waals surface area contributed by atoms with Crippen LogP contribution in [0.2, 0.25) is 0 Å². The van der Waals surface area contributed by atoms with E-state index < -0.39 is 17.7 Å². The minimum atomic E-state index is -1.13. The van der Waals surface area contributed by atoms with Crippen molar-refractivity contribution in [1.29, 1.82) is 0 Å². The summed E-state index contributed by atoms with van der Waals surface area (Å²) in [7, 11) is 0. The van der Waals surface area contributed by atoms with Gasteiger partial charge < -0.3 is 10.4 Å².